The second-order valence-electron chi connectivity index (χ2n) is 5.96. The zero-order valence-corrected chi connectivity index (χ0v) is 14.0. The van der Waals surface area contributed by atoms with Crippen LogP contribution in [0.5, 0.6) is 5.75 Å². The number of sulfone groups is 1. The molecular formula is C16H20N2O4S. The number of likely N-dealkylation sites (N-methyl/N-ethyl adjacent to an activating group) is 1. The molecule has 0 aliphatic carbocycles. The highest BCUT2D eigenvalue weighted by atomic mass is 32.2. The van der Waals surface area contributed by atoms with Gasteiger partial charge in [0.25, 0.3) is 0 Å². The molecule has 1 aliphatic heterocycles. The first kappa shape index (κ1) is 15.9. The number of ether oxygens (including phenoxy) is 1. The third kappa shape index (κ3) is 3.19. The predicted molar refractivity (Wildman–Crippen MR) is 88.4 cm³/mol. The Bertz CT molecular complexity index is 841. The largest absolute Gasteiger partial charge is 0.497 e. The highest BCUT2D eigenvalue weighted by Gasteiger charge is 2.32. The molecule has 124 valence electrons. The van der Waals surface area contributed by atoms with E-state index in [-0.39, 0.29) is 29.9 Å². The summed E-state index contributed by atoms with van der Waals surface area (Å²) in [5, 5.41) is 0.978. The molecule has 1 aromatic carbocycles. The zero-order valence-electron chi connectivity index (χ0n) is 13.2. The van der Waals surface area contributed by atoms with Crippen LogP contribution in [0.4, 0.5) is 0 Å². The number of methoxy groups -OCH3 is 1. The van der Waals surface area contributed by atoms with Crippen molar-refractivity contribution in [2.45, 2.75) is 18.9 Å². The Morgan fingerprint density at radius 1 is 1.43 bits per heavy atom. The minimum atomic E-state index is -2.99. The van der Waals surface area contributed by atoms with E-state index >= 15 is 0 Å². The summed E-state index contributed by atoms with van der Waals surface area (Å²) in [4.78, 5) is 17.2. The molecule has 1 saturated heterocycles. The highest BCUT2D eigenvalue weighted by Crippen LogP contribution is 2.24. The second-order valence-corrected chi connectivity index (χ2v) is 8.19. The third-order valence-electron chi connectivity index (χ3n) is 4.47. The Morgan fingerprint density at radius 2 is 2.22 bits per heavy atom. The minimum Gasteiger partial charge on any atom is -0.497 e. The molecule has 0 radical (unpaired) electrons. The number of amides is 1. The number of aromatic amines is 1. The summed E-state index contributed by atoms with van der Waals surface area (Å²) < 4.78 is 28.3. The Kier molecular flexibility index (Phi) is 4.06. The quantitative estimate of drug-likeness (QED) is 0.914. The summed E-state index contributed by atoms with van der Waals surface area (Å²) in [5.74, 6) is 0.928. The monoisotopic (exact) mass is 336 g/mol. The molecule has 6 nitrogen and oxygen atoms in total. The van der Waals surface area contributed by atoms with Gasteiger partial charge in [-0.25, -0.2) is 8.42 Å². The molecule has 2 aromatic rings. The Morgan fingerprint density at radius 3 is 2.87 bits per heavy atom. The van der Waals surface area contributed by atoms with Crippen LogP contribution in [0.2, 0.25) is 0 Å². The number of nitrogens with zero attached hydrogens (tertiary/aromatic N) is 1. The standard InChI is InChI=1S/C16H20N2O4S/c1-18(12-5-6-23(20,21)10-12)16(19)7-11-9-17-15-8-13(22-2)3-4-14(11)15/h3-4,8-9,12,17H,5-7,10H2,1-2H3. The van der Waals surface area contributed by atoms with E-state index in [1.165, 1.54) is 0 Å². The summed E-state index contributed by atoms with van der Waals surface area (Å²) >= 11 is 0. The van der Waals surface area contributed by atoms with Crippen LogP contribution in [-0.2, 0) is 21.1 Å². The van der Waals surface area contributed by atoms with Crippen molar-refractivity contribution >= 4 is 26.6 Å². The molecular weight excluding hydrogens is 316 g/mol. The number of carbonyl (C=O) groups is 1. The number of carbonyl (C=O) groups excluding carboxylic acids is 1. The lowest BCUT2D eigenvalue weighted by atomic mass is 10.1. The van der Waals surface area contributed by atoms with E-state index in [9.17, 15) is 13.2 Å². The molecule has 1 aliphatic rings. The lowest BCUT2D eigenvalue weighted by Gasteiger charge is -2.23. The summed E-state index contributed by atoms with van der Waals surface area (Å²) in [6.07, 6.45) is 2.59. The van der Waals surface area contributed by atoms with Crippen LogP contribution in [0.15, 0.2) is 24.4 Å². The van der Waals surface area contributed by atoms with E-state index in [0.29, 0.717) is 6.42 Å². The van der Waals surface area contributed by atoms with Gasteiger partial charge >= 0.3 is 0 Å². The van der Waals surface area contributed by atoms with Crippen molar-refractivity contribution in [2.75, 3.05) is 25.7 Å². The number of rotatable bonds is 4. The Balaban J connectivity index is 1.75. The Labute approximate surface area is 135 Å². The molecule has 23 heavy (non-hydrogen) atoms. The number of hydrogen-bond acceptors (Lipinski definition) is 4. The molecule has 1 aromatic heterocycles. The normalized spacial score (nSPS) is 19.8. The molecule has 1 amide bonds. The first-order chi connectivity index (χ1) is 10.9. The van der Waals surface area contributed by atoms with Crippen LogP contribution >= 0.6 is 0 Å². The molecule has 2 heterocycles. The predicted octanol–water partition coefficient (Wildman–Crippen LogP) is 1.36. The smallest absolute Gasteiger partial charge is 0.227 e. The van der Waals surface area contributed by atoms with Crippen molar-refractivity contribution in [3.8, 4) is 5.75 Å². The molecule has 1 unspecified atom stereocenters. The van der Waals surface area contributed by atoms with Gasteiger partial charge in [-0.05, 0) is 24.1 Å². The van der Waals surface area contributed by atoms with Crippen LogP contribution in [0.3, 0.4) is 0 Å². The van der Waals surface area contributed by atoms with Crippen LogP contribution < -0.4 is 4.74 Å². The SMILES string of the molecule is COc1ccc2c(CC(=O)N(C)C3CCS(=O)(=O)C3)c[nH]c2c1. The first-order valence-corrected chi connectivity index (χ1v) is 9.32. The Hall–Kier alpha value is -2.02. The lowest BCUT2D eigenvalue weighted by Crippen LogP contribution is -2.38. The maximum Gasteiger partial charge on any atom is 0.227 e. The van der Waals surface area contributed by atoms with Crippen LogP contribution in [-0.4, -0.2) is 55.9 Å². The molecule has 3 rings (SSSR count). The third-order valence-corrected chi connectivity index (χ3v) is 6.22. The van der Waals surface area contributed by atoms with E-state index in [1.807, 2.05) is 24.4 Å². The topological polar surface area (TPSA) is 79.5 Å². The molecule has 7 heteroatoms. The van der Waals surface area contributed by atoms with E-state index in [0.717, 1.165) is 22.2 Å². The van der Waals surface area contributed by atoms with Gasteiger partial charge in [0.1, 0.15) is 5.75 Å². The van der Waals surface area contributed by atoms with Gasteiger partial charge in [0.05, 0.1) is 25.0 Å². The molecule has 1 atom stereocenters. The highest BCUT2D eigenvalue weighted by molar-refractivity contribution is 7.91. The number of benzene rings is 1. The fraction of sp³-hybridized carbons (Fsp3) is 0.438. The van der Waals surface area contributed by atoms with Gasteiger partial charge in [-0.2, -0.15) is 0 Å². The second kappa shape index (κ2) is 5.88. The maximum atomic E-state index is 12.5. The molecule has 1 fully saturated rings. The zero-order chi connectivity index (χ0) is 16.6. The summed E-state index contributed by atoms with van der Waals surface area (Å²) in [5.41, 5.74) is 1.82. The van der Waals surface area contributed by atoms with E-state index < -0.39 is 9.84 Å². The fourth-order valence-electron chi connectivity index (χ4n) is 3.01. The van der Waals surface area contributed by atoms with Gasteiger partial charge in [-0.3, -0.25) is 4.79 Å². The number of nitrogens with one attached hydrogen (secondary N) is 1. The molecule has 0 saturated carbocycles. The fourth-order valence-corrected chi connectivity index (χ4v) is 4.79. The lowest BCUT2D eigenvalue weighted by molar-refractivity contribution is -0.130. The summed E-state index contributed by atoms with van der Waals surface area (Å²) in [6, 6.07) is 5.46. The van der Waals surface area contributed by atoms with Crippen LogP contribution in [0.1, 0.15) is 12.0 Å². The number of aromatic nitrogens is 1. The average molecular weight is 336 g/mol. The van der Waals surface area contributed by atoms with Gasteiger partial charge in [0.15, 0.2) is 9.84 Å². The first-order valence-electron chi connectivity index (χ1n) is 7.50. The van der Waals surface area contributed by atoms with Gasteiger partial charge in [-0.1, -0.05) is 0 Å². The molecule has 1 N–H and O–H groups in total. The van der Waals surface area contributed by atoms with Gasteiger partial charge in [0, 0.05) is 36.3 Å². The summed E-state index contributed by atoms with van der Waals surface area (Å²) in [7, 11) is 0.304. The number of fused-ring (bicyclic) bond motifs is 1. The minimum absolute atomic E-state index is 0.0659. The van der Waals surface area contributed by atoms with E-state index in [4.69, 9.17) is 4.74 Å². The summed E-state index contributed by atoms with van der Waals surface area (Å²) in [6.45, 7) is 0. The van der Waals surface area contributed by atoms with Crippen molar-refractivity contribution in [1.82, 2.24) is 9.88 Å². The molecule has 0 bridgehead atoms. The van der Waals surface area contributed by atoms with E-state index in [1.54, 1.807) is 19.1 Å². The van der Waals surface area contributed by atoms with Gasteiger partial charge < -0.3 is 14.6 Å². The van der Waals surface area contributed by atoms with Crippen molar-refractivity contribution in [2.24, 2.45) is 0 Å². The number of hydrogen-bond donors (Lipinski definition) is 1. The van der Waals surface area contributed by atoms with Gasteiger partial charge in [0.2, 0.25) is 5.91 Å². The van der Waals surface area contributed by atoms with Crippen LogP contribution in [0, 0.1) is 0 Å². The van der Waals surface area contributed by atoms with Crippen molar-refractivity contribution in [1.29, 1.82) is 0 Å². The van der Waals surface area contributed by atoms with E-state index in [2.05, 4.69) is 4.98 Å². The number of H-pyrrole nitrogens is 1. The van der Waals surface area contributed by atoms with Crippen molar-refractivity contribution in [3.63, 3.8) is 0 Å². The maximum absolute atomic E-state index is 12.5. The van der Waals surface area contributed by atoms with Gasteiger partial charge in [-0.15, -0.1) is 0 Å². The average Bonchev–Trinajstić information content (AvgIpc) is 3.09. The van der Waals surface area contributed by atoms with Crippen molar-refractivity contribution < 1.29 is 17.9 Å². The van der Waals surface area contributed by atoms with Crippen molar-refractivity contribution in [3.05, 3.63) is 30.0 Å². The van der Waals surface area contributed by atoms with Crippen LogP contribution in [0.25, 0.3) is 10.9 Å². The molecule has 0 spiro atoms.